The molecule has 0 bridgehead atoms. The maximum atomic E-state index is 11.6. The summed E-state index contributed by atoms with van der Waals surface area (Å²) in [5.74, 6) is -0.532. The third kappa shape index (κ3) is 6.29. The summed E-state index contributed by atoms with van der Waals surface area (Å²) in [7, 11) is 0. The van der Waals surface area contributed by atoms with E-state index in [2.05, 4.69) is 26.1 Å². The van der Waals surface area contributed by atoms with E-state index in [9.17, 15) is 9.59 Å². The van der Waals surface area contributed by atoms with Gasteiger partial charge in [0, 0.05) is 11.3 Å². The molecule has 5 heteroatoms. The van der Waals surface area contributed by atoms with Crippen molar-refractivity contribution in [1.82, 2.24) is 5.32 Å². The molecular weight excluding hydrogens is 262 g/mol. The molecule has 0 saturated heterocycles. The maximum Gasteiger partial charge on any atom is 0.335 e. The Morgan fingerprint density at radius 3 is 2.26 bits per heavy atom. The normalized spacial score (nSPS) is 11.1. The molecule has 0 atom stereocenters. The molecule has 0 spiro atoms. The Bertz CT molecular complexity index is 449. The minimum absolute atomic E-state index is 0.0118. The van der Waals surface area contributed by atoms with Crippen LogP contribution >= 0.6 is 11.8 Å². The van der Waals surface area contributed by atoms with Gasteiger partial charge in [0.05, 0.1) is 11.3 Å². The maximum absolute atomic E-state index is 11.6. The summed E-state index contributed by atoms with van der Waals surface area (Å²) in [6.07, 6.45) is 0. The van der Waals surface area contributed by atoms with Crippen LogP contribution in [0.25, 0.3) is 0 Å². The molecule has 1 aromatic rings. The minimum atomic E-state index is -0.947. The second-order valence-electron chi connectivity index (χ2n) is 5.18. The van der Waals surface area contributed by atoms with Crippen molar-refractivity contribution in [2.75, 3.05) is 5.75 Å². The number of aromatic carboxylic acids is 1. The Kier molecular flexibility index (Phi) is 5.42. The van der Waals surface area contributed by atoms with Gasteiger partial charge in [-0.05, 0) is 17.7 Å². The highest BCUT2D eigenvalue weighted by atomic mass is 32.2. The smallest absolute Gasteiger partial charge is 0.335 e. The number of amides is 1. The Hall–Kier alpha value is -1.49. The monoisotopic (exact) mass is 281 g/mol. The van der Waals surface area contributed by atoms with Gasteiger partial charge in [0.25, 0.3) is 0 Å². The molecule has 0 fully saturated rings. The molecule has 0 aliphatic heterocycles. The molecule has 0 heterocycles. The molecule has 19 heavy (non-hydrogen) atoms. The van der Waals surface area contributed by atoms with Crippen LogP contribution in [0.15, 0.2) is 24.3 Å². The molecule has 0 aliphatic rings. The van der Waals surface area contributed by atoms with E-state index in [-0.39, 0.29) is 16.2 Å². The predicted octanol–water partition coefficient (Wildman–Crippen LogP) is 2.53. The van der Waals surface area contributed by atoms with Gasteiger partial charge in [0.15, 0.2) is 0 Å². The molecule has 0 saturated carbocycles. The van der Waals surface area contributed by atoms with Crippen molar-refractivity contribution in [2.45, 2.75) is 32.1 Å². The summed E-state index contributed by atoms with van der Waals surface area (Å²) < 4.78 is 0.0699. The van der Waals surface area contributed by atoms with E-state index in [0.29, 0.717) is 12.3 Å². The van der Waals surface area contributed by atoms with Crippen LogP contribution in [0.2, 0.25) is 0 Å². The fraction of sp³-hybridized carbons (Fsp3) is 0.429. The molecule has 4 nitrogen and oxygen atoms in total. The van der Waals surface area contributed by atoms with E-state index >= 15 is 0 Å². The Morgan fingerprint density at radius 2 is 1.79 bits per heavy atom. The van der Waals surface area contributed by atoms with Crippen LogP contribution in [0.3, 0.4) is 0 Å². The molecule has 1 aromatic carbocycles. The number of carboxylic acid groups (broad SMARTS) is 1. The zero-order valence-corrected chi connectivity index (χ0v) is 12.2. The molecule has 2 N–H and O–H groups in total. The largest absolute Gasteiger partial charge is 0.478 e. The average molecular weight is 281 g/mol. The summed E-state index contributed by atoms with van der Waals surface area (Å²) in [5, 5.41) is 11.6. The van der Waals surface area contributed by atoms with Gasteiger partial charge in [-0.25, -0.2) is 4.79 Å². The van der Waals surface area contributed by atoms with Crippen molar-refractivity contribution in [3.8, 4) is 0 Å². The first-order valence-corrected chi connectivity index (χ1v) is 6.99. The van der Waals surface area contributed by atoms with Crippen molar-refractivity contribution < 1.29 is 14.7 Å². The Balaban J connectivity index is 2.40. The van der Waals surface area contributed by atoms with Crippen LogP contribution < -0.4 is 5.32 Å². The molecule has 0 radical (unpaired) electrons. The highest BCUT2D eigenvalue weighted by Crippen LogP contribution is 2.22. The fourth-order valence-electron chi connectivity index (χ4n) is 1.30. The van der Waals surface area contributed by atoms with E-state index in [1.54, 1.807) is 23.9 Å². The van der Waals surface area contributed by atoms with Crippen molar-refractivity contribution in [1.29, 1.82) is 0 Å². The molecule has 0 unspecified atom stereocenters. The molecule has 104 valence electrons. The first-order valence-electron chi connectivity index (χ1n) is 6.01. The van der Waals surface area contributed by atoms with E-state index < -0.39 is 5.97 Å². The SMILES string of the molecule is CC(C)(C)SCC(=O)NCc1ccc(C(=O)O)cc1. The average Bonchev–Trinajstić information content (AvgIpc) is 2.33. The van der Waals surface area contributed by atoms with Crippen molar-refractivity contribution in [2.24, 2.45) is 0 Å². The topological polar surface area (TPSA) is 66.4 Å². The minimum Gasteiger partial charge on any atom is -0.478 e. The zero-order valence-electron chi connectivity index (χ0n) is 11.4. The Labute approximate surface area is 117 Å². The van der Waals surface area contributed by atoms with Gasteiger partial charge in [-0.2, -0.15) is 0 Å². The fourth-order valence-corrected chi connectivity index (χ4v) is 1.97. The highest BCUT2D eigenvalue weighted by Gasteiger charge is 2.13. The first-order chi connectivity index (χ1) is 8.78. The lowest BCUT2D eigenvalue weighted by Crippen LogP contribution is -2.26. The molecule has 1 rings (SSSR count). The van der Waals surface area contributed by atoms with Gasteiger partial charge in [-0.1, -0.05) is 32.9 Å². The molecular formula is C14H19NO3S. The van der Waals surface area contributed by atoms with Gasteiger partial charge in [-0.3, -0.25) is 4.79 Å². The molecule has 0 aliphatic carbocycles. The number of hydrogen-bond acceptors (Lipinski definition) is 3. The lowest BCUT2D eigenvalue weighted by molar-refractivity contribution is -0.118. The Morgan fingerprint density at radius 1 is 1.21 bits per heavy atom. The number of thioether (sulfide) groups is 1. The molecule has 1 amide bonds. The number of nitrogens with one attached hydrogen (secondary N) is 1. The van der Waals surface area contributed by atoms with Crippen molar-refractivity contribution >= 4 is 23.6 Å². The first kappa shape index (κ1) is 15.6. The second-order valence-corrected chi connectivity index (χ2v) is 6.98. The van der Waals surface area contributed by atoms with Crippen molar-refractivity contribution in [3.63, 3.8) is 0 Å². The molecule has 0 aromatic heterocycles. The summed E-state index contributed by atoms with van der Waals surface area (Å²) in [5.41, 5.74) is 1.14. The highest BCUT2D eigenvalue weighted by molar-refractivity contribution is 8.01. The zero-order chi connectivity index (χ0) is 14.5. The quantitative estimate of drug-likeness (QED) is 0.870. The van der Waals surface area contributed by atoms with Crippen LogP contribution in [0, 0.1) is 0 Å². The van der Waals surface area contributed by atoms with Crippen LogP contribution in [0.1, 0.15) is 36.7 Å². The number of hydrogen-bond donors (Lipinski definition) is 2. The summed E-state index contributed by atoms with van der Waals surface area (Å²) in [4.78, 5) is 22.3. The van der Waals surface area contributed by atoms with E-state index in [1.165, 1.54) is 12.1 Å². The lowest BCUT2D eigenvalue weighted by atomic mass is 10.1. The number of carboxylic acids is 1. The number of carbonyl (C=O) groups is 2. The third-order valence-electron chi connectivity index (χ3n) is 2.33. The van der Waals surface area contributed by atoms with Gasteiger partial charge in [0.2, 0.25) is 5.91 Å². The van der Waals surface area contributed by atoms with Gasteiger partial charge >= 0.3 is 5.97 Å². The number of carbonyl (C=O) groups excluding carboxylic acids is 1. The van der Waals surface area contributed by atoms with E-state index in [0.717, 1.165) is 5.56 Å². The number of benzene rings is 1. The third-order valence-corrected chi connectivity index (χ3v) is 3.60. The van der Waals surface area contributed by atoms with E-state index in [1.807, 2.05) is 0 Å². The van der Waals surface area contributed by atoms with Gasteiger partial charge in [0.1, 0.15) is 0 Å². The summed E-state index contributed by atoms with van der Waals surface area (Å²) in [6, 6.07) is 6.49. The van der Waals surface area contributed by atoms with Gasteiger partial charge in [-0.15, -0.1) is 11.8 Å². The number of rotatable bonds is 5. The second kappa shape index (κ2) is 6.61. The van der Waals surface area contributed by atoms with Gasteiger partial charge < -0.3 is 10.4 Å². The van der Waals surface area contributed by atoms with Crippen LogP contribution in [0.4, 0.5) is 0 Å². The van der Waals surface area contributed by atoms with Crippen LogP contribution in [0.5, 0.6) is 0 Å². The van der Waals surface area contributed by atoms with Crippen LogP contribution in [-0.4, -0.2) is 27.5 Å². The van der Waals surface area contributed by atoms with Crippen molar-refractivity contribution in [3.05, 3.63) is 35.4 Å². The van der Waals surface area contributed by atoms with Crippen LogP contribution in [-0.2, 0) is 11.3 Å². The predicted molar refractivity (Wildman–Crippen MR) is 77.5 cm³/mol. The van der Waals surface area contributed by atoms with E-state index in [4.69, 9.17) is 5.11 Å². The summed E-state index contributed by atoms with van der Waals surface area (Å²) >= 11 is 1.59. The summed E-state index contributed by atoms with van der Waals surface area (Å²) in [6.45, 7) is 6.62. The lowest BCUT2D eigenvalue weighted by Gasteiger charge is -2.17. The standard InChI is InChI=1S/C14H19NO3S/c1-14(2,3)19-9-12(16)15-8-10-4-6-11(7-5-10)13(17)18/h4-7H,8-9H2,1-3H3,(H,15,16)(H,17,18).